The van der Waals surface area contributed by atoms with E-state index >= 15 is 0 Å². The fourth-order valence-corrected chi connectivity index (χ4v) is 2.71. The van der Waals surface area contributed by atoms with Crippen LogP contribution in [-0.2, 0) is 16.2 Å². The van der Waals surface area contributed by atoms with Gasteiger partial charge in [-0.1, -0.05) is 0 Å². The first-order valence-corrected chi connectivity index (χ1v) is 6.65. The van der Waals surface area contributed by atoms with E-state index in [0.717, 1.165) is 35.4 Å². The van der Waals surface area contributed by atoms with Crippen molar-refractivity contribution < 1.29 is 4.74 Å². The predicted octanol–water partition coefficient (Wildman–Crippen LogP) is 2.36. The van der Waals surface area contributed by atoms with Gasteiger partial charge in [0, 0.05) is 30.7 Å². The number of aromatic nitrogens is 2. The van der Waals surface area contributed by atoms with Gasteiger partial charge in [0.25, 0.3) is 0 Å². The number of hydrogen-bond acceptors (Lipinski definition) is 5. The van der Waals surface area contributed by atoms with Crippen molar-refractivity contribution in [2.45, 2.75) is 31.5 Å². The first kappa shape index (κ1) is 11.7. The molecule has 0 spiro atoms. The molecule has 1 atom stereocenters. The summed E-state index contributed by atoms with van der Waals surface area (Å²) in [6.45, 7) is 4.94. The van der Waals surface area contributed by atoms with Crippen LogP contribution in [0.5, 0.6) is 0 Å². The van der Waals surface area contributed by atoms with E-state index in [4.69, 9.17) is 4.74 Å². The molecule has 0 aliphatic carbocycles. The number of anilines is 1. The molecule has 1 aliphatic heterocycles. The second kappa shape index (κ2) is 5.01. The van der Waals surface area contributed by atoms with E-state index in [-0.39, 0.29) is 6.10 Å². The molecule has 1 aromatic heterocycles. The number of nitrogens with one attached hydrogen (secondary N) is 1. The van der Waals surface area contributed by atoms with Gasteiger partial charge in [-0.3, -0.25) is 0 Å². The lowest BCUT2D eigenvalue weighted by Crippen LogP contribution is -2.11. The Bertz CT molecular complexity index is 384. The number of rotatable bonds is 4. The molecular weight excluding hydrogens is 222 g/mol. The Hall–Kier alpha value is -0.810. The van der Waals surface area contributed by atoms with E-state index in [9.17, 15) is 0 Å². The van der Waals surface area contributed by atoms with E-state index < -0.39 is 0 Å². The Labute approximate surface area is 100 Å². The fraction of sp³-hybridized carbons (Fsp3) is 0.636. The lowest BCUT2D eigenvalue weighted by atomic mass is 10.2. The standard InChI is InChI=1S/C11H17N3OS/c1-4-12-11-8-5-16-6-9(8)13-10(14-11)7(2)15-3/h7H,4-6H2,1-3H3,(H,12,13,14). The second-order valence-corrected chi connectivity index (χ2v) is 4.74. The Kier molecular flexibility index (Phi) is 3.66. The minimum atomic E-state index is -0.0479. The van der Waals surface area contributed by atoms with Gasteiger partial charge in [0.05, 0.1) is 5.69 Å². The van der Waals surface area contributed by atoms with E-state index in [1.165, 1.54) is 5.56 Å². The summed E-state index contributed by atoms with van der Waals surface area (Å²) in [5.41, 5.74) is 2.42. The molecule has 0 fully saturated rings. The summed E-state index contributed by atoms with van der Waals surface area (Å²) in [5.74, 6) is 3.76. The SMILES string of the molecule is CCNc1nc(C(C)OC)nc2c1CSC2. The van der Waals surface area contributed by atoms with Gasteiger partial charge >= 0.3 is 0 Å². The number of methoxy groups -OCH3 is 1. The third-order valence-corrected chi connectivity index (χ3v) is 3.63. The monoisotopic (exact) mass is 239 g/mol. The van der Waals surface area contributed by atoms with E-state index in [0.29, 0.717) is 0 Å². The lowest BCUT2D eigenvalue weighted by molar-refractivity contribution is 0.112. The zero-order valence-corrected chi connectivity index (χ0v) is 10.7. The molecule has 0 radical (unpaired) electrons. The van der Waals surface area contributed by atoms with Crippen LogP contribution in [0, 0.1) is 0 Å². The third-order valence-electron chi connectivity index (χ3n) is 2.66. The Morgan fingerprint density at radius 1 is 1.44 bits per heavy atom. The van der Waals surface area contributed by atoms with Crippen LogP contribution < -0.4 is 5.32 Å². The van der Waals surface area contributed by atoms with Crippen molar-refractivity contribution in [1.82, 2.24) is 9.97 Å². The Morgan fingerprint density at radius 3 is 2.94 bits per heavy atom. The van der Waals surface area contributed by atoms with Gasteiger partial charge < -0.3 is 10.1 Å². The van der Waals surface area contributed by atoms with Crippen LogP contribution in [0.1, 0.15) is 37.0 Å². The van der Waals surface area contributed by atoms with Crippen molar-refractivity contribution in [2.24, 2.45) is 0 Å². The van der Waals surface area contributed by atoms with Crippen molar-refractivity contribution in [3.05, 3.63) is 17.1 Å². The van der Waals surface area contributed by atoms with Crippen LogP contribution in [0.3, 0.4) is 0 Å². The molecule has 16 heavy (non-hydrogen) atoms. The predicted molar refractivity (Wildman–Crippen MR) is 66.6 cm³/mol. The van der Waals surface area contributed by atoms with E-state index in [2.05, 4.69) is 22.2 Å². The van der Waals surface area contributed by atoms with Gasteiger partial charge in [-0.15, -0.1) is 0 Å². The maximum Gasteiger partial charge on any atom is 0.159 e. The van der Waals surface area contributed by atoms with Crippen LogP contribution in [0.4, 0.5) is 5.82 Å². The molecular formula is C11H17N3OS. The van der Waals surface area contributed by atoms with Crippen molar-refractivity contribution in [3.63, 3.8) is 0 Å². The number of nitrogens with zero attached hydrogens (tertiary/aromatic N) is 2. The molecule has 2 rings (SSSR count). The lowest BCUT2D eigenvalue weighted by Gasteiger charge is -2.13. The smallest absolute Gasteiger partial charge is 0.159 e. The van der Waals surface area contributed by atoms with Gasteiger partial charge in [-0.25, -0.2) is 9.97 Å². The summed E-state index contributed by atoms with van der Waals surface area (Å²) in [4.78, 5) is 9.11. The maximum absolute atomic E-state index is 5.27. The molecule has 1 N–H and O–H groups in total. The number of fused-ring (bicyclic) bond motifs is 1. The Morgan fingerprint density at radius 2 is 2.25 bits per heavy atom. The molecule has 0 bridgehead atoms. The first-order chi connectivity index (χ1) is 7.76. The largest absolute Gasteiger partial charge is 0.374 e. The van der Waals surface area contributed by atoms with E-state index in [1.807, 2.05) is 18.7 Å². The van der Waals surface area contributed by atoms with Gasteiger partial charge in [0.15, 0.2) is 5.82 Å². The topological polar surface area (TPSA) is 47.0 Å². The molecule has 1 aromatic rings. The number of hydrogen-bond donors (Lipinski definition) is 1. The van der Waals surface area contributed by atoms with Crippen LogP contribution in [0.15, 0.2) is 0 Å². The van der Waals surface area contributed by atoms with Crippen LogP contribution in [0.2, 0.25) is 0 Å². The van der Waals surface area contributed by atoms with Gasteiger partial charge in [-0.05, 0) is 13.8 Å². The summed E-state index contributed by atoms with van der Waals surface area (Å²) in [6, 6.07) is 0. The normalized spacial score (nSPS) is 15.9. The molecule has 1 aliphatic rings. The van der Waals surface area contributed by atoms with Crippen molar-refractivity contribution >= 4 is 17.6 Å². The van der Waals surface area contributed by atoms with Crippen molar-refractivity contribution in [3.8, 4) is 0 Å². The average molecular weight is 239 g/mol. The number of thioether (sulfide) groups is 1. The van der Waals surface area contributed by atoms with Gasteiger partial charge in [0.1, 0.15) is 11.9 Å². The highest BCUT2D eigenvalue weighted by Gasteiger charge is 2.21. The Balaban J connectivity index is 2.39. The molecule has 88 valence electrons. The molecule has 5 heteroatoms. The molecule has 0 aromatic carbocycles. The summed E-state index contributed by atoms with van der Waals surface area (Å²) < 4.78 is 5.27. The van der Waals surface area contributed by atoms with E-state index in [1.54, 1.807) is 7.11 Å². The van der Waals surface area contributed by atoms with Crippen LogP contribution >= 0.6 is 11.8 Å². The highest BCUT2D eigenvalue weighted by molar-refractivity contribution is 7.98. The number of ether oxygens (including phenoxy) is 1. The first-order valence-electron chi connectivity index (χ1n) is 5.50. The summed E-state index contributed by atoms with van der Waals surface area (Å²) in [7, 11) is 1.68. The van der Waals surface area contributed by atoms with Crippen LogP contribution in [-0.4, -0.2) is 23.6 Å². The van der Waals surface area contributed by atoms with Crippen molar-refractivity contribution in [1.29, 1.82) is 0 Å². The highest BCUT2D eigenvalue weighted by Crippen LogP contribution is 2.33. The maximum atomic E-state index is 5.27. The zero-order valence-electron chi connectivity index (χ0n) is 9.91. The summed E-state index contributed by atoms with van der Waals surface area (Å²) in [6.07, 6.45) is -0.0479. The molecule has 4 nitrogen and oxygen atoms in total. The van der Waals surface area contributed by atoms with Gasteiger partial charge in [0.2, 0.25) is 0 Å². The van der Waals surface area contributed by atoms with Gasteiger partial charge in [-0.2, -0.15) is 11.8 Å². The summed E-state index contributed by atoms with van der Waals surface area (Å²) >= 11 is 1.89. The molecule has 2 heterocycles. The fourth-order valence-electron chi connectivity index (χ4n) is 1.67. The summed E-state index contributed by atoms with van der Waals surface area (Å²) in [5, 5.41) is 3.31. The van der Waals surface area contributed by atoms with Crippen LogP contribution in [0.25, 0.3) is 0 Å². The minimum absolute atomic E-state index is 0.0479. The molecule has 0 amide bonds. The molecule has 0 saturated heterocycles. The van der Waals surface area contributed by atoms with Crippen molar-refractivity contribution in [2.75, 3.05) is 19.0 Å². The third kappa shape index (κ3) is 2.15. The molecule has 0 saturated carbocycles. The average Bonchev–Trinajstić information content (AvgIpc) is 2.76. The quantitative estimate of drug-likeness (QED) is 0.874. The second-order valence-electron chi connectivity index (χ2n) is 3.76. The highest BCUT2D eigenvalue weighted by atomic mass is 32.2. The minimum Gasteiger partial charge on any atom is -0.374 e. The zero-order chi connectivity index (χ0) is 11.5. The molecule has 1 unspecified atom stereocenters.